The smallest absolute Gasteiger partial charge is 0.148 e. The van der Waals surface area contributed by atoms with E-state index in [-0.39, 0.29) is 20.0 Å². The highest BCUT2D eigenvalue weighted by atomic mass is 16.7. The van der Waals surface area contributed by atoms with E-state index in [4.69, 9.17) is 21.0 Å². The molecule has 0 rings (SSSR count). The zero-order valence-corrected chi connectivity index (χ0v) is 5.88. The fourth-order valence-corrected chi connectivity index (χ4v) is 0.385. The first-order valence-electron chi connectivity index (χ1n) is 3.11. The van der Waals surface area contributed by atoms with Gasteiger partial charge in [0.1, 0.15) is 13.4 Å². The summed E-state index contributed by atoms with van der Waals surface area (Å²) in [7, 11) is 0. The van der Waals surface area contributed by atoms with Crippen LogP contribution in [0, 0.1) is 12.3 Å². The molecule has 0 fully saturated rings. The first kappa shape index (κ1) is 9.44. The molecule has 10 heavy (non-hydrogen) atoms. The van der Waals surface area contributed by atoms with E-state index in [9.17, 15) is 0 Å². The van der Waals surface area contributed by atoms with Gasteiger partial charge in [-0.2, -0.15) is 0 Å². The Bertz CT molecular complexity index is 95.5. The molecule has 3 nitrogen and oxygen atoms in total. The van der Waals surface area contributed by atoms with Crippen LogP contribution in [-0.4, -0.2) is 31.7 Å². The number of terminal acetylenes is 1. The van der Waals surface area contributed by atoms with Crippen molar-refractivity contribution in [3.8, 4) is 12.3 Å². The van der Waals surface area contributed by atoms with Crippen LogP contribution in [0.25, 0.3) is 0 Å². The zero-order valence-electron chi connectivity index (χ0n) is 5.88. The lowest BCUT2D eigenvalue weighted by molar-refractivity contribution is -0.0451. The largest absolute Gasteiger partial charge is 0.396 e. The Kier molecular flexibility index (Phi) is 7.97. The first-order valence-corrected chi connectivity index (χ1v) is 3.11. The van der Waals surface area contributed by atoms with Crippen LogP contribution in [0.3, 0.4) is 0 Å². The average molecular weight is 144 g/mol. The summed E-state index contributed by atoms with van der Waals surface area (Å²) in [6.07, 6.45) is 5.54. The third-order valence-electron chi connectivity index (χ3n) is 0.799. The number of hydrogen-bond donors (Lipinski definition) is 1. The molecule has 0 unspecified atom stereocenters. The van der Waals surface area contributed by atoms with Crippen molar-refractivity contribution >= 4 is 0 Å². The van der Waals surface area contributed by atoms with E-state index in [2.05, 4.69) is 5.92 Å². The predicted molar refractivity (Wildman–Crippen MR) is 37.3 cm³/mol. The molecular formula is C7H12O3. The van der Waals surface area contributed by atoms with Gasteiger partial charge in [0, 0.05) is 6.61 Å². The topological polar surface area (TPSA) is 38.7 Å². The molecule has 0 heterocycles. The summed E-state index contributed by atoms with van der Waals surface area (Å²) in [6.45, 7) is 1.15. The molecule has 0 bridgehead atoms. The predicted octanol–water partition coefficient (Wildman–Crippen LogP) is -0.00730. The number of aliphatic hydroxyl groups is 1. The molecule has 0 aliphatic rings. The SMILES string of the molecule is C#CCOCOCCCO. The summed E-state index contributed by atoms with van der Waals surface area (Å²) in [5.41, 5.74) is 0. The van der Waals surface area contributed by atoms with Gasteiger partial charge in [-0.1, -0.05) is 5.92 Å². The fourth-order valence-electron chi connectivity index (χ4n) is 0.385. The molecule has 58 valence electrons. The van der Waals surface area contributed by atoms with E-state index in [1.165, 1.54) is 0 Å². The molecule has 0 saturated heterocycles. The standard InChI is InChI=1S/C7H12O3/c1-2-5-9-7-10-6-3-4-8/h1,8H,3-7H2. The van der Waals surface area contributed by atoms with Crippen LogP contribution in [0.1, 0.15) is 6.42 Å². The second-order valence-corrected chi connectivity index (χ2v) is 1.66. The lowest BCUT2D eigenvalue weighted by atomic mass is 10.5. The summed E-state index contributed by atoms with van der Waals surface area (Å²) < 4.78 is 9.69. The molecule has 1 N–H and O–H groups in total. The minimum Gasteiger partial charge on any atom is -0.396 e. The Morgan fingerprint density at radius 1 is 1.40 bits per heavy atom. The van der Waals surface area contributed by atoms with Gasteiger partial charge in [0.15, 0.2) is 0 Å². The molecule has 0 aromatic heterocycles. The second-order valence-electron chi connectivity index (χ2n) is 1.66. The van der Waals surface area contributed by atoms with Gasteiger partial charge in [0.05, 0.1) is 6.61 Å². The Labute approximate surface area is 60.9 Å². The average Bonchev–Trinajstić information content (AvgIpc) is 1.97. The van der Waals surface area contributed by atoms with Crippen molar-refractivity contribution in [3.05, 3.63) is 0 Å². The van der Waals surface area contributed by atoms with Gasteiger partial charge in [0.25, 0.3) is 0 Å². The van der Waals surface area contributed by atoms with Crippen LogP contribution < -0.4 is 0 Å². The number of rotatable bonds is 6. The van der Waals surface area contributed by atoms with Gasteiger partial charge in [-0.15, -0.1) is 6.42 Å². The Morgan fingerprint density at radius 3 is 2.80 bits per heavy atom. The molecule has 0 aromatic carbocycles. The lowest BCUT2D eigenvalue weighted by Crippen LogP contribution is -2.02. The van der Waals surface area contributed by atoms with Gasteiger partial charge in [-0.05, 0) is 6.42 Å². The van der Waals surface area contributed by atoms with Gasteiger partial charge < -0.3 is 14.6 Å². The van der Waals surface area contributed by atoms with E-state index in [1.807, 2.05) is 0 Å². The normalized spacial score (nSPS) is 9.20. The first-order chi connectivity index (χ1) is 4.91. The molecule has 0 amide bonds. The van der Waals surface area contributed by atoms with E-state index in [1.54, 1.807) is 0 Å². The highest BCUT2D eigenvalue weighted by Crippen LogP contribution is 1.81. The Hall–Kier alpha value is -0.560. The molecule has 0 aromatic rings. The van der Waals surface area contributed by atoms with Crippen LogP contribution >= 0.6 is 0 Å². The number of aliphatic hydroxyl groups excluding tert-OH is 1. The van der Waals surface area contributed by atoms with Crippen molar-refractivity contribution in [2.24, 2.45) is 0 Å². The van der Waals surface area contributed by atoms with Gasteiger partial charge in [-0.25, -0.2) is 0 Å². The van der Waals surface area contributed by atoms with Crippen LogP contribution in [0.15, 0.2) is 0 Å². The Morgan fingerprint density at radius 2 is 2.20 bits per heavy atom. The van der Waals surface area contributed by atoms with E-state index < -0.39 is 0 Å². The maximum atomic E-state index is 8.32. The molecule has 0 saturated carbocycles. The van der Waals surface area contributed by atoms with Crippen LogP contribution in [-0.2, 0) is 9.47 Å². The highest BCUT2D eigenvalue weighted by Gasteiger charge is 1.85. The number of ether oxygens (including phenoxy) is 2. The molecular weight excluding hydrogens is 132 g/mol. The molecule has 0 aliphatic heterocycles. The van der Waals surface area contributed by atoms with Crippen molar-refractivity contribution in [3.63, 3.8) is 0 Å². The highest BCUT2D eigenvalue weighted by molar-refractivity contribution is 4.82. The quantitative estimate of drug-likeness (QED) is 0.324. The summed E-state index contributed by atoms with van der Waals surface area (Å²) >= 11 is 0. The van der Waals surface area contributed by atoms with Crippen LogP contribution in [0.5, 0.6) is 0 Å². The van der Waals surface area contributed by atoms with Crippen molar-refractivity contribution in [2.45, 2.75) is 6.42 Å². The summed E-state index contributed by atoms with van der Waals surface area (Å²) in [5, 5.41) is 8.32. The Balaban J connectivity index is 2.72. The van der Waals surface area contributed by atoms with E-state index in [0.29, 0.717) is 13.0 Å². The zero-order chi connectivity index (χ0) is 7.66. The minimum atomic E-state index is 0.148. The van der Waals surface area contributed by atoms with Gasteiger partial charge in [0.2, 0.25) is 0 Å². The van der Waals surface area contributed by atoms with Crippen molar-refractivity contribution in [1.82, 2.24) is 0 Å². The summed E-state index contributed by atoms with van der Waals surface area (Å²) in [4.78, 5) is 0. The second kappa shape index (κ2) is 8.44. The maximum absolute atomic E-state index is 8.32. The van der Waals surface area contributed by atoms with E-state index >= 15 is 0 Å². The van der Waals surface area contributed by atoms with E-state index in [0.717, 1.165) is 0 Å². The van der Waals surface area contributed by atoms with Crippen molar-refractivity contribution in [2.75, 3.05) is 26.6 Å². The molecule has 0 aliphatic carbocycles. The fraction of sp³-hybridized carbons (Fsp3) is 0.714. The third-order valence-corrected chi connectivity index (χ3v) is 0.799. The summed E-state index contributed by atoms with van der Waals surface area (Å²) in [6, 6.07) is 0. The van der Waals surface area contributed by atoms with Crippen molar-refractivity contribution in [1.29, 1.82) is 0 Å². The molecule has 0 radical (unpaired) electrons. The van der Waals surface area contributed by atoms with Crippen LogP contribution in [0.2, 0.25) is 0 Å². The molecule has 0 spiro atoms. The maximum Gasteiger partial charge on any atom is 0.148 e. The summed E-state index contributed by atoms with van der Waals surface area (Å²) in [5.74, 6) is 2.31. The van der Waals surface area contributed by atoms with Gasteiger partial charge >= 0.3 is 0 Å². The molecule has 0 atom stereocenters. The number of hydrogen-bond acceptors (Lipinski definition) is 3. The minimum absolute atomic E-state index is 0.148. The van der Waals surface area contributed by atoms with Crippen molar-refractivity contribution < 1.29 is 14.6 Å². The monoisotopic (exact) mass is 144 g/mol. The third kappa shape index (κ3) is 7.44. The molecule has 3 heteroatoms. The van der Waals surface area contributed by atoms with Crippen LogP contribution in [0.4, 0.5) is 0 Å². The van der Waals surface area contributed by atoms with Gasteiger partial charge in [-0.3, -0.25) is 0 Å². The lowest BCUT2D eigenvalue weighted by Gasteiger charge is -2.00.